The quantitative estimate of drug-likeness (QED) is 0.804. The van der Waals surface area contributed by atoms with E-state index in [1.165, 1.54) is 12.8 Å². The van der Waals surface area contributed by atoms with Gasteiger partial charge in [0.15, 0.2) is 0 Å². The van der Waals surface area contributed by atoms with E-state index in [4.69, 9.17) is 0 Å². The first-order valence-corrected chi connectivity index (χ1v) is 7.47. The first kappa shape index (κ1) is 14.4. The van der Waals surface area contributed by atoms with Crippen LogP contribution in [0.5, 0.6) is 0 Å². The van der Waals surface area contributed by atoms with E-state index >= 15 is 0 Å². The van der Waals surface area contributed by atoms with Crippen LogP contribution in [0.25, 0.3) is 0 Å². The van der Waals surface area contributed by atoms with Crippen LogP contribution in [0.2, 0.25) is 0 Å². The predicted octanol–water partition coefficient (Wildman–Crippen LogP) is 2.43. The number of hydrogen-bond acceptors (Lipinski definition) is 2. The van der Waals surface area contributed by atoms with Crippen LogP contribution in [0.3, 0.4) is 0 Å². The Hall–Kier alpha value is -1.06. The number of aliphatic carboxylic acids is 1. The molecule has 0 aromatic heterocycles. The minimum absolute atomic E-state index is 0.0426. The van der Waals surface area contributed by atoms with E-state index in [0.29, 0.717) is 18.9 Å². The number of carboxylic acid groups (broad SMARTS) is 1. The van der Waals surface area contributed by atoms with Gasteiger partial charge < -0.3 is 10.4 Å². The van der Waals surface area contributed by atoms with Gasteiger partial charge in [-0.25, -0.2) is 0 Å². The first-order chi connectivity index (χ1) is 8.96. The van der Waals surface area contributed by atoms with Gasteiger partial charge in [-0.3, -0.25) is 9.59 Å². The summed E-state index contributed by atoms with van der Waals surface area (Å²) < 4.78 is 0. The molecule has 0 aliphatic heterocycles. The molecule has 0 saturated heterocycles. The van der Waals surface area contributed by atoms with Gasteiger partial charge in [0, 0.05) is 6.54 Å². The molecular weight excluding hydrogens is 242 g/mol. The van der Waals surface area contributed by atoms with Crippen LogP contribution in [0.15, 0.2) is 0 Å². The Morgan fingerprint density at radius 1 is 1.21 bits per heavy atom. The molecule has 0 aromatic rings. The summed E-state index contributed by atoms with van der Waals surface area (Å²) in [5.74, 6) is -1.09. The van der Waals surface area contributed by atoms with Crippen LogP contribution in [-0.4, -0.2) is 23.5 Å². The maximum Gasteiger partial charge on any atom is 0.307 e. The molecule has 0 bridgehead atoms. The van der Waals surface area contributed by atoms with Gasteiger partial charge in [-0.1, -0.05) is 26.7 Å². The van der Waals surface area contributed by atoms with Crippen LogP contribution < -0.4 is 5.32 Å². The lowest BCUT2D eigenvalue weighted by molar-refractivity contribution is -0.149. The summed E-state index contributed by atoms with van der Waals surface area (Å²) in [5, 5.41) is 12.2. The minimum atomic E-state index is -0.815. The van der Waals surface area contributed by atoms with E-state index in [-0.39, 0.29) is 17.2 Å². The van der Waals surface area contributed by atoms with Crippen LogP contribution >= 0.6 is 0 Å². The highest BCUT2D eigenvalue weighted by Gasteiger charge is 2.46. The smallest absolute Gasteiger partial charge is 0.307 e. The van der Waals surface area contributed by atoms with Crippen LogP contribution in [0.4, 0.5) is 0 Å². The number of hydrogen-bond donors (Lipinski definition) is 2. The SMILES string of the molecule is CC(C)C1(CNC(=O)C2CCCCC2C(=O)O)CC1. The summed E-state index contributed by atoms with van der Waals surface area (Å²) in [7, 11) is 0. The molecule has 2 unspecified atom stereocenters. The Kier molecular flexibility index (Phi) is 4.16. The van der Waals surface area contributed by atoms with Crippen molar-refractivity contribution in [3.8, 4) is 0 Å². The zero-order chi connectivity index (χ0) is 14.0. The predicted molar refractivity (Wildman–Crippen MR) is 72.6 cm³/mol. The number of amides is 1. The van der Waals surface area contributed by atoms with Gasteiger partial charge in [0.05, 0.1) is 11.8 Å². The van der Waals surface area contributed by atoms with Crippen molar-refractivity contribution in [2.24, 2.45) is 23.2 Å². The average Bonchev–Trinajstić information content (AvgIpc) is 3.17. The van der Waals surface area contributed by atoms with Crippen molar-refractivity contribution in [1.29, 1.82) is 0 Å². The third-order valence-corrected chi connectivity index (χ3v) is 5.15. The lowest BCUT2D eigenvalue weighted by Gasteiger charge is -2.29. The zero-order valence-electron chi connectivity index (χ0n) is 11.9. The number of rotatable bonds is 5. The second-order valence-electron chi connectivity index (χ2n) is 6.57. The van der Waals surface area contributed by atoms with E-state index in [2.05, 4.69) is 19.2 Å². The molecule has 2 fully saturated rings. The maximum absolute atomic E-state index is 12.2. The minimum Gasteiger partial charge on any atom is -0.481 e. The van der Waals surface area contributed by atoms with Crippen LogP contribution in [-0.2, 0) is 9.59 Å². The Labute approximate surface area is 115 Å². The summed E-state index contributed by atoms with van der Waals surface area (Å²) in [6.45, 7) is 5.10. The highest BCUT2D eigenvalue weighted by Crippen LogP contribution is 2.51. The van der Waals surface area contributed by atoms with Gasteiger partial charge in [0.25, 0.3) is 0 Å². The molecule has 1 amide bonds. The van der Waals surface area contributed by atoms with Gasteiger partial charge in [0.2, 0.25) is 5.91 Å². The molecule has 19 heavy (non-hydrogen) atoms. The van der Waals surface area contributed by atoms with Crippen molar-refractivity contribution in [2.75, 3.05) is 6.54 Å². The summed E-state index contributed by atoms with van der Waals surface area (Å²) in [6.07, 6.45) is 5.62. The Balaban J connectivity index is 1.89. The first-order valence-electron chi connectivity index (χ1n) is 7.47. The molecule has 108 valence electrons. The highest BCUT2D eigenvalue weighted by atomic mass is 16.4. The summed E-state index contributed by atoms with van der Waals surface area (Å²) in [4.78, 5) is 23.4. The third kappa shape index (κ3) is 3.10. The molecule has 4 heteroatoms. The molecule has 2 aliphatic carbocycles. The fraction of sp³-hybridized carbons (Fsp3) is 0.867. The average molecular weight is 267 g/mol. The Morgan fingerprint density at radius 3 is 2.26 bits per heavy atom. The standard InChI is InChI=1S/C15H25NO3/c1-10(2)15(7-8-15)9-16-13(17)11-5-3-4-6-12(11)14(18)19/h10-12H,3-9H2,1-2H3,(H,16,17)(H,18,19). The summed E-state index contributed by atoms with van der Waals surface area (Å²) >= 11 is 0. The summed E-state index contributed by atoms with van der Waals surface area (Å²) in [6, 6.07) is 0. The van der Waals surface area contributed by atoms with Crippen molar-refractivity contribution in [2.45, 2.75) is 52.4 Å². The molecule has 2 saturated carbocycles. The van der Waals surface area contributed by atoms with Gasteiger partial charge in [-0.2, -0.15) is 0 Å². The number of carbonyl (C=O) groups is 2. The molecule has 2 atom stereocenters. The lowest BCUT2D eigenvalue weighted by Crippen LogP contribution is -2.42. The number of nitrogens with one attached hydrogen (secondary N) is 1. The van der Waals surface area contributed by atoms with Crippen molar-refractivity contribution in [3.63, 3.8) is 0 Å². The second-order valence-corrected chi connectivity index (χ2v) is 6.57. The normalized spacial score (nSPS) is 29.0. The second kappa shape index (κ2) is 5.51. The molecule has 0 spiro atoms. The fourth-order valence-electron chi connectivity index (χ4n) is 3.25. The molecular formula is C15H25NO3. The zero-order valence-corrected chi connectivity index (χ0v) is 11.9. The number of carbonyl (C=O) groups excluding carboxylic acids is 1. The van der Waals surface area contributed by atoms with Gasteiger partial charge >= 0.3 is 5.97 Å². The topological polar surface area (TPSA) is 66.4 Å². The van der Waals surface area contributed by atoms with E-state index in [0.717, 1.165) is 19.3 Å². The van der Waals surface area contributed by atoms with Crippen LogP contribution in [0.1, 0.15) is 52.4 Å². The largest absolute Gasteiger partial charge is 0.481 e. The van der Waals surface area contributed by atoms with E-state index in [1.807, 2.05) is 0 Å². The summed E-state index contributed by atoms with van der Waals surface area (Å²) in [5.41, 5.74) is 0.281. The number of carboxylic acids is 1. The van der Waals surface area contributed by atoms with Crippen molar-refractivity contribution in [3.05, 3.63) is 0 Å². The molecule has 2 rings (SSSR count). The third-order valence-electron chi connectivity index (χ3n) is 5.15. The van der Waals surface area contributed by atoms with E-state index in [9.17, 15) is 14.7 Å². The van der Waals surface area contributed by atoms with Crippen molar-refractivity contribution in [1.82, 2.24) is 5.32 Å². The molecule has 2 aliphatic rings. The Morgan fingerprint density at radius 2 is 1.79 bits per heavy atom. The monoisotopic (exact) mass is 267 g/mol. The molecule has 0 aromatic carbocycles. The van der Waals surface area contributed by atoms with Gasteiger partial charge in [-0.15, -0.1) is 0 Å². The van der Waals surface area contributed by atoms with Crippen LogP contribution in [0, 0.1) is 23.2 Å². The molecule has 2 N–H and O–H groups in total. The highest BCUT2D eigenvalue weighted by molar-refractivity contribution is 5.84. The van der Waals surface area contributed by atoms with Crippen molar-refractivity contribution >= 4 is 11.9 Å². The van der Waals surface area contributed by atoms with E-state index in [1.54, 1.807) is 0 Å². The maximum atomic E-state index is 12.2. The molecule has 4 nitrogen and oxygen atoms in total. The van der Waals surface area contributed by atoms with Crippen molar-refractivity contribution < 1.29 is 14.7 Å². The molecule has 0 radical (unpaired) electrons. The lowest BCUT2D eigenvalue weighted by atomic mass is 9.78. The Bertz CT molecular complexity index is 360. The van der Waals surface area contributed by atoms with E-state index < -0.39 is 11.9 Å². The fourth-order valence-corrected chi connectivity index (χ4v) is 3.25. The van der Waals surface area contributed by atoms with Gasteiger partial charge in [0.1, 0.15) is 0 Å². The molecule has 0 heterocycles. The van der Waals surface area contributed by atoms with Gasteiger partial charge in [-0.05, 0) is 37.0 Å².